The Hall–Kier alpha value is -0.280. The molecule has 0 unspecified atom stereocenters. The molecule has 16 heavy (non-hydrogen) atoms. The highest BCUT2D eigenvalue weighted by Crippen LogP contribution is 2.25. The molecular formula is C12H25ClN2O. The van der Waals surface area contributed by atoms with Crippen LogP contribution < -0.4 is 11.1 Å². The Bertz CT molecular complexity index is 230. The van der Waals surface area contributed by atoms with Crippen LogP contribution in [0.2, 0.25) is 0 Å². The van der Waals surface area contributed by atoms with Crippen LogP contribution in [0.15, 0.2) is 0 Å². The Balaban J connectivity index is 0.00000225. The first-order valence-corrected chi connectivity index (χ1v) is 5.91. The third-order valence-electron chi connectivity index (χ3n) is 3.13. The van der Waals surface area contributed by atoms with Crippen molar-refractivity contribution in [3.63, 3.8) is 0 Å². The minimum atomic E-state index is -0.314. The van der Waals surface area contributed by atoms with Gasteiger partial charge in [0.1, 0.15) is 0 Å². The molecule has 0 aromatic rings. The summed E-state index contributed by atoms with van der Waals surface area (Å²) >= 11 is 0. The molecule has 0 aromatic carbocycles. The fourth-order valence-electron chi connectivity index (χ4n) is 1.95. The molecule has 3 N–H and O–H groups in total. The molecule has 96 valence electrons. The van der Waals surface area contributed by atoms with Crippen molar-refractivity contribution >= 4 is 18.3 Å². The largest absolute Gasteiger partial charge is 0.354 e. The SMILES string of the molecule is CC(C)(C)C(=O)NCC1(N)CCCCC1.Cl. The van der Waals surface area contributed by atoms with E-state index in [1.54, 1.807) is 0 Å². The lowest BCUT2D eigenvalue weighted by Gasteiger charge is -2.34. The molecule has 0 bridgehead atoms. The van der Waals surface area contributed by atoms with Gasteiger partial charge >= 0.3 is 0 Å². The number of nitrogens with one attached hydrogen (secondary N) is 1. The maximum absolute atomic E-state index is 11.7. The summed E-state index contributed by atoms with van der Waals surface area (Å²) in [5.41, 5.74) is 5.77. The Kier molecular flexibility index (Phi) is 5.77. The van der Waals surface area contributed by atoms with Crippen LogP contribution in [0.25, 0.3) is 0 Å². The van der Waals surface area contributed by atoms with Crippen molar-refractivity contribution in [3.8, 4) is 0 Å². The molecule has 0 atom stereocenters. The van der Waals surface area contributed by atoms with Gasteiger partial charge in [0.2, 0.25) is 5.91 Å². The van der Waals surface area contributed by atoms with Gasteiger partial charge in [-0.1, -0.05) is 40.0 Å². The van der Waals surface area contributed by atoms with E-state index in [-0.39, 0.29) is 29.3 Å². The van der Waals surface area contributed by atoms with Crippen LogP contribution in [-0.4, -0.2) is 18.0 Å². The van der Waals surface area contributed by atoms with E-state index < -0.39 is 0 Å². The van der Waals surface area contributed by atoms with Gasteiger partial charge in [0, 0.05) is 17.5 Å². The lowest BCUT2D eigenvalue weighted by atomic mass is 9.82. The first kappa shape index (κ1) is 15.7. The number of carbonyl (C=O) groups excluding carboxylic acids is 1. The van der Waals surface area contributed by atoms with Crippen LogP contribution in [-0.2, 0) is 4.79 Å². The second-order valence-corrected chi connectivity index (χ2v) is 5.86. The third-order valence-corrected chi connectivity index (χ3v) is 3.13. The van der Waals surface area contributed by atoms with Crippen LogP contribution in [0.4, 0.5) is 0 Å². The molecule has 0 aliphatic heterocycles. The quantitative estimate of drug-likeness (QED) is 0.788. The van der Waals surface area contributed by atoms with E-state index in [1.807, 2.05) is 20.8 Å². The van der Waals surface area contributed by atoms with E-state index in [4.69, 9.17) is 5.73 Å². The molecule has 0 radical (unpaired) electrons. The van der Waals surface area contributed by atoms with E-state index >= 15 is 0 Å². The molecule has 1 rings (SSSR count). The van der Waals surface area contributed by atoms with Crippen LogP contribution in [0.3, 0.4) is 0 Å². The van der Waals surface area contributed by atoms with E-state index in [9.17, 15) is 4.79 Å². The highest BCUT2D eigenvalue weighted by Gasteiger charge is 2.29. The molecule has 1 aliphatic carbocycles. The number of nitrogens with two attached hydrogens (primary N) is 1. The van der Waals surface area contributed by atoms with E-state index in [0.29, 0.717) is 6.54 Å². The molecule has 1 aliphatic rings. The zero-order valence-electron chi connectivity index (χ0n) is 10.6. The van der Waals surface area contributed by atoms with E-state index in [1.165, 1.54) is 19.3 Å². The number of hydrogen-bond donors (Lipinski definition) is 2. The highest BCUT2D eigenvalue weighted by molar-refractivity contribution is 5.85. The van der Waals surface area contributed by atoms with Crippen LogP contribution in [0.5, 0.6) is 0 Å². The number of halogens is 1. The molecule has 0 heterocycles. The topological polar surface area (TPSA) is 55.1 Å². The molecular weight excluding hydrogens is 224 g/mol. The van der Waals surface area contributed by atoms with Crippen molar-refractivity contribution in [2.75, 3.05) is 6.54 Å². The molecule has 3 nitrogen and oxygen atoms in total. The van der Waals surface area contributed by atoms with Crippen molar-refractivity contribution in [2.45, 2.75) is 58.4 Å². The minimum Gasteiger partial charge on any atom is -0.354 e. The summed E-state index contributed by atoms with van der Waals surface area (Å²) in [4.78, 5) is 11.7. The summed E-state index contributed by atoms with van der Waals surface area (Å²) in [5, 5.41) is 2.97. The zero-order valence-corrected chi connectivity index (χ0v) is 11.5. The average Bonchev–Trinajstić information content (AvgIpc) is 2.14. The van der Waals surface area contributed by atoms with Gasteiger partial charge in [-0.3, -0.25) is 4.79 Å². The van der Waals surface area contributed by atoms with Crippen molar-refractivity contribution in [1.29, 1.82) is 0 Å². The Labute approximate surface area is 105 Å². The Morgan fingerprint density at radius 2 is 1.75 bits per heavy atom. The lowest BCUT2D eigenvalue weighted by Crippen LogP contribution is -2.52. The van der Waals surface area contributed by atoms with Crippen molar-refractivity contribution < 1.29 is 4.79 Å². The Morgan fingerprint density at radius 3 is 2.19 bits per heavy atom. The third kappa shape index (κ3) is 4.71. The summed E-state index contributed by atoms with van der Waals surface area (Å²) in [5.74, 6) is 0.0953. The predicted octanol–water partition coefficient (Wildman–Crippen LogP) is 2.23. The van der Waals surface area contributed by atoms with Gasteiger partial charge < -0.3 is 11.1 Å². The molecule has 1 saturated carbocycles. The normalized spacial score (nSPS) is 19.8. The monoisotopic (exact) mass is 248 g/mol. The number of amides is 1. The summed E-state index contributed by atoms with van der Waals surface area (Å²) in [7, 11) is 0. The van der Waals surface area contributed by atoms with Crippen LogP contribution in [0, 0.1) is 5.41 Å². The van der Waals surface area contributed by atoms with E-state index in [0.717, 1.165) is 12.8 Å². The second-order valence-electron chi connectivity index (χ2n) is 5.86. The fourth-order valence-corrected chi connectivity index (χ4v) is 1.95. The van der Waals surface area contributed by atoms with Crippen LogP contribution in [0.1, 0.15) is 52.9 Å². The average molecular weight is 249 g/mol. The minimum absolute atomic E-state index is 0. The second kappa shape index (κ2) is 5.87. The molecule has 1 fully saturated rings. The number of rotatable bonds is 2. The molecule has 4 heteroatoms. The van der Waals surface area contributed by atoms with Gasteiger partial charge in [-0.05, 0) is 12.8 Å². The summed E-state index contributed by atoms with van der Waals surface area (Å²) in [6.45, 7) is 6.40. The van der Waals surface area contributed by atoms with Crippen molar-refractivity contribution in [2.24, 2.45) is 11.1 Å². The summed E-state index contributed by atoms with van der Waals surface area (Å²) in [6.07, 6.45) is 5.75. The van der Waals surface area contributed by atoms with Crippen LogP contribution >= 0.6 is 12.4 Å². The first-order valence-electron chi connectivity index (χ1n) is 5.91. The highest BCUT2D eigenvalue weighted by atomic mass is 35.5. The fraction of sp³-hybridized carbons (Fsp3) is 0.917. The van der Waals surface area contributed by atoms with Crippen molar-refractivity contribution in [3.05, 3.63) is 0 Å². The smallest absolute Gasteiger partial charge is 0.225 e. The molecule has 0 saturated heterocycles. The van der Waals surface area contributed by atoms with Gasteiger partial charge in [0.25, 0.3) is 0 Å². The maximum atomic E-state index is 11.7. The van der Waals surface area contributed by atoms with Gasteiger partial charge in [0.05, 0.1) is 0 Å². The zero-order chi connectivity index (χ0) is 11.5. The predicted molar refractivity (Wildman–Crippen MR) is 69.7 cm³/mol. The van der Waals surface area contributed by atoms with Gasteiger partial charge in [-0.2, -0.15) is 0 Å². The maximum Gasteiger partial charge on any atom is 0.225 e. The first-order chi connectivity index (χ1) is 6.83. The molecule has 0 aromatic heterocycles. The van der Waals surface area contributed by atoms with Gasteiger partial charge in [0.15, 0.2) is 0 Å². The number of carbonyl (C=O) groups is 1. The lowest BCUT2D eigenvalue weighted by molar-refractivity contribution is -0.128. The number of hydrogen-bond acceptors (Lipinski definition) is 2. The molecule has 1 amide bonds. The summed E-state index contributed by atoms with van der Waals surface area (Å²) < 4.78 is 0. The van der Waals surface area contributed by atoms with Gasteiger partial charge in [-0.25, -0.2) is 0 Å². The molecule has 0 spiro atoms. The summed E-state index contributed by atoms with van der Waals surface area (Å²) in [6, 6.07) is 0. The van der Waals surface area contributed by atoms with Crippen molar-refractivity contribution in [1.82, 2.24) is 5.32 Å². The van der Waals surface area contributed by atoms with E-state index in [2.05, 4.69) is 5.32 Å². The van der Waals surface area contributed by atoms with Gasteiger partial charge in [-0.15, -0.1) is 12.4 Å². The Morgan fingerprint density at radius 1 is 1.25 bits per heavy atom. The standard InChI is InChI=1S/C12H24N2O.ClH/c1-11(2,3)10(15)14-9-12(13)7-5-4-6-8-12;/h4-9,13H2,1-3H3,(H,14,15);1H.